The van der Waals surface area contributed by atoms with Gasteiger partial charge in [0.15, 0.2) is 6.23 Å². The van der Waals surface area contributed by atoms with Crippen molar-refractivity contribution in [2.24, 2.45) is 0 Å². The van der Waals surface area contributed by atoms with Crippen molar-refractivity contribution in [3.05, 3.63) is 58.6 Å². The maximum atomic E-state index is 10.9. The summed E-state index contributed by atoms with van der Waals surface area (Å²) in [5, 5.41) is 46.1. The second-order valence-corrected chi connectivity index (χ2v) is 9.32. The summed E-state index contributed by atoms with van der Waals surface area (Å²) in [6.45, 7) is -0.509. The van der Waals surface area contributed by atoms with Gasteiger partial charge in [0, 0.05) is 37.1 Å². The Morgan fingerprint density at radius 1 is 0.818 bits per heavy atom. The van der Waals surface area contributed by atoms with E-state index in [1.54, 1.807) is 10.6 Å². The first-order valence-electron chi connectivity index (χ1n) is 10.5. The predicted molar refractivity (Wildman–Crippen MR) is 128 cm³/mol. The number of ether oxygens (including phenoxy) is 1. The first-order chi connectivity index (χ1) is 15.9. The molecule has 0 unspecified atom stereocenters. The topological polar surface area (TPSA) is 111 Å². The van der Waals surface area contributed by atoms with Gasteiger partial charge in [0.05, 0.1) is 23.2 Å². The number of hydrogen-bond acceptors (Lipinski definition) is 5. The fourth-order valence-corrected chi connectivity index (χ4v) is 5.35. The van der Waals surface area contributed by atoms with Crippen molar-refractivity contribution in [3.8, 4) is 0 Å². The highest BCUT2D eigenvalue weighted by Gasteiger charge is 2.45. The van der Waals surface area contributed by atoms with E-state index in [0.717, 1.165) is 43.6 Å². The minimum Gasteiger partial charge on any atom is -0.394 e. The number of aliphatic hydroxyl groups is 4. The van der Waals surface area contributed by atoms with E-state index >= 15 is 0 Å². The Hall–Kier alpha value is -2.36. The summed E-state index contributed by atoms with van der Waals surface area (Å²) >= 11 is 12.6. The second-order valence-electron chi connectivity index (χ2n) is 8.45. The van der Waals surface area contributed by atoms with E-state index in [1.807, 2.05) is 42.5 Å². The third-order valence-electron chi connectivity index (χ3n) is 6.58. The molecule has 1 aliphatic heterocycles. The molecule has 6 rings (SSSR count). The SMILES string of the molecule is OC[C@H]1O[C@@H](n2c3ccc(Cl)cc3c3ccc4c5cc(Cl)ccc5[nH]c4c32)[C@H](O)[C@@H](O)[C@@H]1O. The maximum absolute atomic E-state index is 10.9. The number of aromatic amines is 1. The molecule has 3 heterocycles. The van der Waals surface area contributed by atoms with Crippen molar-refractivity contribution in [3.63, 3.8) is 0 Å². The Labute approximate surface area is 197 Å². The summed E-state index contributed by atoms with van der Waals surface area (Å²) in [5.74, 6) is 0. The largest absolute Gasteiger partial charge is 0.394 e. The van der Waals surface area contributed by atoms with Crippen LogP contribution in [0.1, 0.15) is 6.23 Å². The van der Waals surface area contributed by atoms with E-state index in [0.29, 0.717) is 10.0 Å². The highest BCUT2D eigenvalue weighted by atomic mass is 35.5. The molecule has 0 spiro atoms. The van der Waals surface area contributed by atoms with Gasteiger partial charge in [0.1, 0.15) is 24.4 Å². The van der Waals surface area contributed by atoms with Crippen LogP contribution < -0.4 is 0 Å². The van der Waals surface area contributed by atoms with Gasteiger partial charge in [0.2, 0.25) is 0 Å². The summed E-state index contributed by atoms with van der Waals surface area (Å²) in [6.07, 6.45) is -6.48. The lowest BCUT2D eigenvalue weighted by molar-refractivity contribution is -0.249. The molecule has 0 amide bonds. The molecule has 0 aliphatic carbocycles. The molecule has 0 radical (unpaired) electrons. The Morgan fingerprint density at radius 2 is 1.52 bits per heavy atom. The quantitative estimate of drug-likeness (QED) is 0.261. The van der Waals surface area contributed by atoms with Gasteiger partial charge in [-0.25, -0.2) is 0 Å². The third kappa shape index (κ3) is 3.02. The molecule has 9 heteroatoms. The van der Waals surface area contributed by atoms with Gasteiger partial charge in [-0.05, 0) is 36.4 Å². The number of nitrogens with zero attached hydrogens (tertiary/aromatic N) is 1. The minimum absolute atomic E-state index is 0.509. The summed E-state index contributed by atoms with van der Waals surface area (Å²) in [7, 11) is 0. The number of halogens is 2. The first kappa shape index (κ1) is 21.2. The van der Waals surface area contributed by atoms with Gasteiger partial charge in [-0.2, -0.15) is 0 Å². The normalized spacial score (nSPS) is 26.2. The van der Waals surface area contributed by atoms with Crippen LogP contribution in [0.3, 0.4) is 0 Å². The maximum Gasteiger partial charge on any atom is 0.163 e. The lowest BCUT2D eigenvalue weighted by atomic mass is 9.98. The van der Waals surface area contributed by atoms with Crippen LogP contribution in [0.15, 0.2) is 48.5 Å². The molecular formula is C24H20Cl2N2O5. The zero-order chi connectivity index (χ0) is 23.0. The van der Waals surface area contributed by atoms with E-state index in [4.69, 9.17) is 27.9 Å². The van der Waals surface area contributed by atoms with E-state index in [-0.39, 0.29) is 0 Å². The van der Waals surface area contributed by atoms with Gasteiger partial charge < -0.3 is 34.7 Å². The van der Waals surface area contributed by atoms with E-state index in [9.17, 15) is 20.4 Å². The number of rotatable bonds is 2. The number of benzene rings is 3. The van der Waals surface area contributed by atoms with Crippen LogP contribution in [0, 0.1) is 0 Å². The molecule has 170 valence electrons. The number of H-pyrrole nitrogens is 1. The number of hydrogen-bond donors (Lipinski definition) is 5. The van der Waals surface area contributed by atoms with Crippen molar-refractivity contribution in [1.82, 2.24) is 9.55 Å². The monoisotopic (exact) mass is 486 g/mol. The van der Waals surface area contributed by atoms with Crippen molar-refractivity contribution in [2.75, 3.05) is 6.61 Å². The van der Waals surface area contributed by atoms with Crippen LogP contribution in [-0.4, -0.2) is 61.0 Å². The molecule has 3 aromatic carbocycles. The molecular weight excluding hydrogens is 467 g/mol. The van der Waals surface area contributed by atoms with Gasteiger partial charge in [-0.3, -0.25) is 0 Å². The Bertz CT molecular complexity index is 1540. The van der Waals surface area contributed by atoms with Crippen LogP contribution in [0.2, 0.25) is 10.0 Å². The standard InChI is InChI=1S/C24H20Cl2N2O5/c25-10-1-5-16-14(7-10)12-3-4-13-15-8-11(26)2-6-17(15)28(20(13)19(12)27-16)24-23(32)22(31)21(30)18(9-29)33-24/h1-8,18,21-24,27,29-32H,9H2/t18-,21-,22+,23-,24-/m1/s1. The molecule has 1 saturated heterocycles. The summed E-state index contributed by atoms with van der Waals surface area (Å²) < 4.78 is 7.74. The van der Waals surface area contributed by atoms with Crippen LogP contribution >= 0.6 is 23.2 Å². The smallest absolute Gasteiger partial charge is 0.163 e. The highest BCUT2D eigenvalue weighted by molar-refractivity contribution is 6.33. The lowest BCUT2D eigenvalue weighted by Crippen LogP contribution is -2.56. The van der Waals surface area contributed by atoms with Gasteiger partial charge >= 0.3 is 0 Å². The highest BCUT2D eigenvalue weighted by Crippen LogP contribution is 2.42. The number of fused-ring (bicyclic) bond motifs is 7. The van der Waals surface area contributed by atoms with E-state index in [2.05, 4.69) is 4.98 Å². The van der Waals surface area contributed by atoms with Gasteiger partial charge in [-0.15, -0.1) is 0 Å². The van der Waals surface area contributed by atoms with E-state index < -0.39 is 37.3 Å². The molecule has 0 bridgehead atoms. The number of aliphatic hydroxyl groups excluding tert-OH is 4. The lowest BCUT2D eigenvalue weighted by Gasteiger charge is -2.41. The van der Waals surface area contributed by atoms with Crippen LogP contribution in [-0.2, 0) is 4.74 Å². The summed E-state index contributed by atoms with van der Waals surface area (Å²) in [4.78, 5) is 3.45. The molecule has 1 fully saturated rings. The molecule has 33 heavy (non-hydrogen) atoms. The molecule has 1 aliphatic rings. The first-order valence-corrected chi connectivity index (χ1v) is 11.3. The molecule has 5 atom stereocenters. The zero-order valence-electron chi connectivity index (χ0n) is 17.1. The molecule has 5 N–H and O–H groups in total. The van der Waals surface area contributed by atoms with Gasteiger partial charge in [0.25, 0.3) is 0 Å². The van der Waals surface area contributed by atoms with Gasteiger partial charge in [-0.1, -0.05) is 35.3 Å². The Kier molecular flexibility index (Phi) is 4.87. The summed E-state index contributed by atoms with van der Waals surface area (Å²) in [6, 6.07) is 15.0. The fourth-order valence-electron chi connectivity index (χ4n) is 5.01. The average molecular weight is 487 g/mol. The zero-order valence-corrected chi connectivity index (χ0v) is 18.6. The molecule has 5 aromatic rings. The van der Waals surface area contributed by atoms with E-state index in [1.165, 1.54) is 0 Å². The number of nitrogens with one attached hydrogen (secondary N) is 1. The number of aromatic nitrogens is 2. The third-order valence-corrected chi connectivity index (χ3v) is 7.05. The van der Waals surface area contributed by atoms with Crippen molar-refractivity contribution < 1.29 is 25.2 Å². The second kappa shape index (κ2) is 7.58. The minimum atomic E-state index is -1.50. The average Bonchev–Trinajstić information content (AvgIpc) is 3.33. The van der Waals surface area contributed by atoms with Crippen molar-refractivity contribution in [1.29, 1.82) is 0 Å². The molecule has 2 aromatic heterocycles. The fraction of sp³-hybridized carbons (Fsp3) is 0.250. The van der Waals surface area contributed by atoms with Crippen LogP contribution in [0.4, 0.5) is 0 Å². The van der Waals surface area contributed by atoms with Crippen molar-refractivity contribution in [2.45, 2.75) is 30.6 Å². The van der Waals surface area contributed by atoms with Crippen LogP contribution in [0.25, 0.3) is 43.6 Å². The summed E-state index contributed by atoms with van der Waals surface area (Å²) in [5.41, 5.74) is 3.16. The molecule has 7 nitrogen and oxygen atoms in total. The van der Waals surface area contributed by atoms with Crippen molar-refractivity contribution >= 4 is 66.8 Å². The van der Waals surface area contributed by atoms with Crippen LogP contribution in [0.5, 0.6) is 0 Å². The Balaban J connectivity index is 1.74. The predicted octanol–water partition coefficient (Wildman–Crippen LogP) is 3.71. The molecule has 0 saturated carbocycles. The Morgan fingerprint density at radius 3 is 2.27 bits per heavy atom.